The Morgan fingerprint density at radius 2 is 1.76 bits per heavy atom. The van der Waals surface area contributed by atoms with E-state index in [9.17, 15) is 23.9 Å². The molecule has 9 nitrogen and oxygen atoms in total. The predicted octanol–water partition coefficient (Wildman–Crippen LogP) is 4.39. The van der Waals surface area contributed by atoms with E-state index in [0.29, 0.717) is 17.1 Å². The first kappa shape index (κ1) is 29.5. The van der Waals surface area contributed by atoms with E-state index >= 15 is 0 Å². The number of aliphatic hydroxyl groups excluding tert-OH is 1. The van der Waals surface area contributed by atoms with Gasteiger partial charge < -0.3 is 30.3 Å². The summed E-state index contributed by atoms with van der Waals surface area (Å²) in [5.74, 6) is -0.839. The van der Waals surface area contributed by atoms with Crippen molar-refractivity contribution < 1.29 is 28.6 Å². The zero-order valence-corrected chi connectivity index (χ0v) is 23.3. The molecule has 1 aliphatic heterocycles. The second-order valence-corrected chi connectivity index (χ2v) is 10.4. The van der Waals surface area contributed by atoms with Gasteiger partial charge in [0.2, 0.25) is 5.91 Å². The lowest BCUT2D eigenvalue weighted by atomic mass is 9.99. The molecule has 216 valence electrons. The molecule has 0 unspecified atom stereocenters. The number of rotatable bonds is 8. The first-order valence-electron chi connectivity index (χ1n) is 13.5. The summed E-state index contributed by atoms with van der Waals surface area (Å²) in [5, 5.41) is 15.5. The van der Waals surface area contributed by atoms with Gasteiger partial charge in [-0.3, -0.25) is 9.59 Å². The highest BCUT2D eigenvalue weighted by Gasteiger charge is 2.34. The van der Waals surface area contributed by atoms with Crippen molar-refractivity contribution in [2.45, 2.75) is 32.4 Å². The number of nitrogens with zero attached hydrogens (tertiary/aromatic N) is 2. The fraction of sp³-hybridized carbons (Fsp3) is 0.323. The van der Waals surface area contributed by atoms with Crippen LogP contribution in [0, 0.1) is 11.7 Å². The smallest absolute Gasteiger partial charge is 0.321 e. The highest BCUT2D eigenvalue weighted by atomic mass is 19.1. The molecule has 3 N–H and O–H groups in total. The molecule has 0 aromatic heterocycles. The number of carbonyl (C=O) groups excluding carboxylic acids is 3. The number of aliphatic hydroxyl groups is 1. The molecule has 4 rings (SSSR count). The number of hydrogen-bond donors (Lipinski definition) is 3. The topological polar surface area (TPSA) is 111 Å². The Morgan fingerprint density at radius 1 is 1.07 bits per heavy atom. The van der Waals surface area contributed by atoms with Crippen LogP contribution in [0.1, 0.15) is 29.8 Å². The van der Waals surface area contributed by atoms with Crippen LogP contribution in [0.25, 0.3) is 0 Å². The third-order valence-corrected chi connectivity index (χ3v) is 7.05. The predicted molar refractivity (Wildman–Crippen MR) is 154 cm³/mol. The second kappa shape index (κ2) is 13.3. The number of carbonyl (C=O) groups is 3. The minimum absolute atomic E-state index is 0.182. The van der Waals surface area contributed by atoms with E-state index in [2.05, 4.69) is 10.6 Å². The molecule has 0 radical (unpaired) electrons. The van der Waals surface area contributed by atoms with Crippen molar-refractivity contribution in [1.82, 2.24) is 9.80 Å². The minimum Gasteiger partial charge on any atom is -0.487 e. The quantitative estimate of drug-likeness (QED) is 0.377. The molecular weight excluding hydrogens is 527 g/mol. The molecule has 3 aromatic rings. The molecule has 0 bridgehead atoms. The molecule has 0 saturated heterocycles. The SMILES string of the molecule is C[C@@H]1CN([C@H](C)CO)C(=O)c2cc(NC(=O)Cc3ccccc3)ccc2O[C@H]1CN(C)C(=O)Nc1ccc(F)cc1. The first-order chi connectivity index (χ1) is 19.6. The fourth-order valence-corrected chi connectivity index (χ4v) is 4.61. The highest BCUT2D eigenvalue weighted by molar-refractivity contribution is 6.00. The molecule has 3 atom stereocenters. The largest absolute Gasteiger partial charge is 0.487 e. The maximum atomic E-state index is 13.6. The third-order valence-electron chi connectivity index (χ3n) is 7.05. The maximum Gasteiger partial charge on any atom is 0.321 e. The number of amides is 4. The fourth-order valence-electron chi connectivity index (χ4n) is 4.61. The highest BCUT2D eigenvalue weighted by Crippen LogP contribution is 2.31. The molecule has 1 heterocycles. The Bertz CT molecular complexity index is 1370. The Balaban J connectivity index is 1.54. The number of nitrogens with one attached hydrogen (secondary N) is 2. The minimum atomic E-state index is -0.502. The van der Waals surface area contributed by atoms with Crippen molar-refractivity contribution in [2.75, 3.05) is 37.4 Å². The normalized spacial score (nSPS) is 17.4. The summed E-state index contributed by atoms with van der Waals surface area (Å²) in [5.41, 5.74) is 2.01. The maximum absolute atomic E-state index is 13.6. The average Bonchev–Trinajstić information content (AvgIpc) is 2.96. The summed E-state index contributed by atoms with van der Waals surface area (Å²) in [7, 11) is 1.62. The Kier molecular flexibility index (Phi) is 9.57. The van der Waals surface area contributed by atoms with Crippen molar-refractivity contribution >= 4 is 29.2 Å². The van der Waals surface area contributed by atoms with Gasteiger partial charge in [0, 0.05) is 30.9 Å². The summed E-state index contributed by atoms with van der Waals surface area (Å²) in [6, 6.07) is 18.8. The van der Waals surface area contributed by atoms with E-state index in [1.165, 1.54) is 29.2 Å². The lowest BCUT2D eigenvalue weighted by Gasteiger charge is -2.38. The number of ether oxygens (including phenoxy) is 1. The van der Waals surface area contributed by atoms with E-state index in [-0.39, 0.29) is 49.4 Å². The standard InChI is InChI=1S/C31H35FN4O5/c1-20-17-36(21(2)19-37)30(39)26-16-25(33-29(38)15-22-7-5-4-6-8-22)13-14-27(26)41-28(20)18-35(3)31(40)34-24-11-9-23(32)10-12-24/h4-14,16,20-21,28,37H,15,17-19H2,1-3H3,(H,33,38)(H,34,40)/t20-,21-,28+/m1/s1. The van der Waals surface area contributed by atoms with E-state index in [1.807, 2.05) is 37.3 Å². The Labute approximate surface area is 238 Å². The van der Waals surface area contributed by atoms with E-state index < -0.39 is 24.0 Å². The van der Waals surface area contributed by atoms with Crippen LogP contribution in [-0.4, -0.2) is 71.6 Å². The van der Waals surface area contributed by atoms with Crippen molar-refractivity contribution in [3.8, 4) is 5.75 Å². The van der Waals surface area contributed by atoms with Gasteiger partial charge in [-0.05, 0) is 55.0 Å². The van der Waals surface area contributed by atoms with Crippen LogP contribution in [0.5, 0.6) is 5.75 Å². The molecule has 1 aliphatic rings. The molecular formula is C31H35FN4O5. The van der Waals surface area contributed by atoms with Gasteiger partial charge in [0.1, 0.15) is 17.7 Å². The van der Waals surface area contributed by atoms with Gasteiger partial charge in [0.15, 0.2) is 0 Å². The van der Waals surface area contributed by atoms with Gasteiger partial charge in [-0.25, -0.2) is 9.18 Å². The summed E-state index contributed by atoms with van der Waals surface area (Å²) in [6.45, 7) is 3.92. The number of likely N-dealkylation sites (N-methyl/N-ethyl adjacent to an activating group) is 1. The number of urea groups is 1. The number of anilines is 2. The molecule has 0 aliphatic carbocycles. The van der Waals surface area contributed by atoms with Gasteiger partial charge in [-0.1, -0.05) is 37.3 Å². The monoisotopic (exact) mass is 562 g/mol. The zero-order valence-electron chi connectivity index (χ0n) is 23.3. The summed E-state index contributed by atoms with van der Waals surface area (Å²) >= 11 is 0. The Morgan fingerprint density at radius 3 is 2.44 bits per heavy atom. The lowest BCUT2D eigenvalue weighted by Crippen LogP contribution is -2.50. The zero-order chi connectivity index (χ0) is 29.5. The van der Waals surface area contributed by atoms with Crippen molar-refractivity contribution in [2.24, 2.45) is 5.92 Å². The summed E-state index contributed by atoms with van der Waals surface area (Å²) < 4.78 is 19.6. The summed E-state index contributed by atoms with van der Waals surface area (Å²) in [4.78, 5) is 42.2. The van der Waals surface area contributed by atoms with Crippen LogP contribution in [0.4, 0.5) is 20.6 Å². The molecule has 0 spiro atoms. The van der Waals surface area contributed by atoms with Gasteiger partial charge in [-0.2, -0.15) is 0 Å². The molecule has 3 aromatic carbocycles. The van der Waals surface area contributed by atoms with E-state index in [0.717, 1.165) is 5.56 Å². The van der Waals surface area contributed by atoms with Crippen molar-refractivity contribution in [3.05, 3.63) is 89.7 Å². The van der Waals surface area contributed by atoms with Crippen LogP contribution in [-0.2, 0) is 11.2 Å². The second-order valence-electron chi connectivity index (χ2n) is 10.4. The number of fused-ring (bicyclic) bond motifs is 1. The van der Waals surface area contributed by atoms with Crippen LogP contribution in [0.15, 0.2) is 72.8 Å². The Hall–Kier alpha value is -4.44. The van der Waals surface area contributed by atoms with E-state index in [4.69, 9.17) is 4.74 Å². The van der Waals surface area contributed by atoms with Gasteiger partial charge >= 0.3 is 6.03 Å². The molecule has 0 fully saturated rings. The number of benzene rings is 3. The first-order valence-corrected chi connectivity index (χ1v) is 13.5. The third kappa shape index (κ3) is 7.61. The molecule has 41 heavy (non-hydrogen) atoms. The number of hydrogen-bond acceptors (Lipinski definition) is 5. The number of halogens is 1. The van der Waals surface area contributed by atoms with Gasteiger partial charge in [0.25, 0.3) is 5.91 Å². The van der Waals surface area contributed by atoms with Gasteiger partial charge in [-0.15, -0.1) is 0 Å². The van der Waals surface area contributed by atoms with Crippen LogP contribution in [0.2, 0.25) is 0 Å². The molecule has 4 amide bonds. The molecule has 0 saturated carbocycles. The van der Waals surface area contributed by atoms with Crippen molar-refractivity contribution in [3.63, 3.8) is 0 Å². The van der Waals surface area contributed by atoms with Crippen molar-refractivity contribution in [1.29, 1.82) is 0 Å². The summed E-state index contributed by atoms with van der Waals surface area (Å²) in [6.07, 6.45) is -0.320. The van der Waals surface area contributed by atoms with Crippen LogP contribution in [0.3, 0.4) is 0 Å². The van der Waals surface area contributed by atoms with Gasteiger partial charge in [0.05, 0.1) is 31.2 Å². The lowest BCUT2D eigenvalue weighted by molar-refractivity contribution is -0.115. The van der Waals surface area contributed by atoms with Crippen LogP contribution < -0.4 is 15.4 Å². The van der Waals surface area contributed by atoms with E-state index in [1.54, 1.807) is 37.1 Å². The average molecular weight is 563 g/mol. The molecule has 10 heteroatoms. The van der Waals surface area contributed by atoms with Crippen LogP contribution >= 0.6 is 0 Å².